The van der Waals surface area contributed by atoms with E-state index in [1.807, 2.05) is 12.1 Å². The molecule has 0 aliphatic carbocycles. The molecule has 1 heterocycles. The summed E-state index contributed by atoms with van der Waals surface area (Å²) in [6.07, 6.45) is 2.34. The van der Waals surface area contributed by atoms with E-state index in [1.54, 1.807) is 19.0 Å². The van der Waals surface area contributed by atoms with Crippen LogP contribution >= 0.6 is 24.0 Å². The van der Waals surface area contributed by atoms with Crippen LogP contribution in [0, 0.1) is 0 Å². The molecule has 2 aromatic carbocycles. The quantitative estimate of drug-likeness (QED) is 0.309. The Labute approximate surface area is 202 Å². The molecule has 1 aliphatic heterocycles. The maximum atomic E-state index is 12.0. The minimum Gasteiger partial charge on any atom is -0.376 e. The van der Waals surface area contributed by atoms with Gasteiger partial charge in [-0.3, -0.25) is 4.79 Å². The molecule has 1 atom stereocenters. The van der Waals surface area contributed by atoms with Crippen molar-refractivity contribution in [2.45, 2.75) is 24.9 Å². The zero-order valence-electron chi connectivity index (χ0n) is 18.3. The maximum absolute atomic E-state index is 12.0. The molecule has 7 heteroatoms. The normalized spacial score (nSPS) is 16.0. The number of nitrogens with zero attached hydrogens (tertiary/aromatic N) is 2. The molecule has 1 saturated heterocycles. The third-order valence-electron chi connectivity index (χ3n) is 5.27. The fourth-order valence-electron chi connectivity index (χ4n) is 3.48. The van der Waals surface area contributed by atoms with Gasteiger partial charge < -0.3 is 20.3 Å². The van der Waals surface area contributed by atoms with E-state index < -0.39 is 0 Å². The third-order valence-corrected chi connectivity index (χ3v) is 5.27. The Morgan fingerprint density at radius 2 is 1.68 bits per heavy atom. The highest BCUT2D eigenvalue weighted by Gasteiger charge is 2.18. The minimum absolute atomic E-state index is 0. The number of hydrogen-bond acceptors (Lipinski definition) is 3. The van der Waals surface area contributed by atoms with Gasteiger partial charge in [-0.15, -0.1) is 24.0 Å². The van der Waals surface area contributed by atoms with Gasteiger partial charge in [0.1, 0.15) is 6.54 Å². The monoisotopic (exact) mass is 536 g/mol. The van der Waals surface area contributed by atoms with Crippen molar-refractivity contribution in [2.24, 2.45) is 4.99 Å². The number of aliphatic imine (C=N–C) groups is 1. The molecular formula is C24H33IN4O2. The average molecular weight is 536 g/mol. The first-order valence-corrected chi connectivity index (χ1v) is 10.6. The summed E-state index contributed by atoms with van der Waals surface area (Å²) in [5.74, 6) is 0.778. The lowest BCUT2D eigenvalue weighted by atomic mass is 9.91. The summed E-state index contributed by atoms with van der Waals surface area (Å²) in [5.41, 5.74) is 2.47. The smallest absolute Gasteiger partial charge is 0.243 e. The molecule has 0 bridgehead atoms. The minimum atomic E-state index is -0.0316. The lowest BCUT2D eigenvalue weighted by Gasteiger charge is -2.21. The van der Waals surface area contributed by atoms with Crippen LogP contribution in [-0.4, -0.2) is 63.2 Å². The summed E-state index contributed by atoms with van der Waals surface area (Å²) < 4.78 is 5.71. The Hall–Kier alpha value is -2.13. The molecule has 1 amide bonds. The molecule has 0 aromatic heterocycles. The van der Waals surface area contributed by atoms with Crippen LogP contribution in [0.1, 0.15) is 29.9 Å². The first kappa shape index (κ1) is 25.1. The van der Waals surface area contributed by atoms with E-state index in [1.165, 1.54) is 11.1 Å². The standard InChI is InChI=1S/C24H32N4O2.HI/c1-28(2)23(29)18-27-24(25-16-21-14-9-15-30-21)26-17-22(19-10-5-3-6-11-19)20-12-7-4-8-13-20;/h3-8,10-13,21-22H,9,14-18H2,1-2H3,(H2,25,26,27);1H. The molecule has 2 aromatic rings. The summed E-state index contributed by atoms with van der Waals surface area (Å²) >= 11 is 0. The van der Waals surface area contributed by atoms with Gasteiger partial charge >= 0.3 is 0 Å². The van der Waals surface area contributed by atoms with Gasteiger partial charge in [-0.25, -0.2) is 4.99 Å². The van der Waals surface area contributed by atoms with Crippen molar-refractivity contribution in [3.8, 4) is 0 Å². The third kappa shape index (κ3) is 8.14. The predicted octanol–water partition coefficient (Wildman–Crippen LogP) is 3.24. The van der Waals surface area contributed by atoms with Crippen LogP contribution in [0.2, 0.25) is 0 Å². The Morgan fingerprint density at radius 3 is 2.19 bits per heavy atom. The molecule has 1 aliphatic rings. The number of guanidine groups is 1. The number of likely N-dealkylation sites (N-methyl/N-ethyl adjacent to an activating group) is 1. The number of rotatable bonds is 8. The summed E-state index contributed by atoms with van der Waals surface area (Å²) in [6, 6.07) is 20.9. The van der Waals surface area contributed by atoms with Gasteiger partial charge in [-0.05, 0) is 24.0 Å². The Bertz CT molecular complexity index is 769. The van der Waals surface area contributed by atoms with Crippen molar-refractivity contribution in [3.63, 3.8) is 0 Å². The van der Waals surface area contributed by atoms with Gasteiger partial charge in [0, 0.05) is 39.7 Å². The molecule has 0 radical (unpaired) electrons. The molecule has 2 N–H and O–H groups in total. The first-order valence-electron chi connectivity index (χ1n) is 10.6. The number of carbonyl (C=O) groups excluding carboxylic acids is 1. The topological polar surface area (TPSA) is 66.0 Å². The van der Waals surface area contributed by atoms with E-state index in [0.717, 1.165) is 19.4 Å². The van der Waals surface area contributed by atoms with E-state index in [2.05, 4.69) is 64.2 Å². The van der Waals surface area contributed by atoms with Gasteiger partial charge in [-0.2, -0.15) is 0 Å². The van der Waals surface area contributed by atoms with Crippen LogP contribution < -0.4 is 10.6 Å². The summed E-state index contributed by atoms with van der Waals surface area (Å²) in [7, 11) is 3.48. The maximum Gasteiger partial charge on any atom is 0.243 e. The predicted molar refractivity (Wildman–Crippen MR) is 136 cm³/mol. The molecular weight excluding hydrogens is 503 g/mol. The van der Waals surface area contributed by atoms with Crippen molar-refractivity contribution in [1.29, 1.82) is 0 Å². The number of carbonyl (C=O) groups is 1. The molecule has 1 fully saturated rings. The van der Waals surface area contributed by atoms with E-state index in [9.17, 15) is 4.79 Å². The van der Waals surface area contributed by atoms with Crippen LogP contribution in [-0.2, 0) is 9.53 Å². The second-order valence-electron chi connectivity index (χ2n) is 7.72. The number of halogens is 1. The van der Waals surface area contributed by atoms with Crippen LogP contribution in [0.4, 0.5) is 0 Å². The molecule has 0 spiro atoms. The van der Waals surface area contributed by atoms with Crippen LogP contribution in [0.3, 0.4) is 0 Å². The number of hydrogen-bond donors (Lipinski definition) is 2. The van der Waals surface area contributed by atoms with E-state index in [0.29, 0.717) is 19.0 Å². The van der Waals surface area contributed by atoms with Gasteiger partial charge in [0.15, 0.2) is 5.96 Å². The van der Waals surface area contributed by atoms with Gasteiger partial charge in [0.2, 0.25) is 5.91 Å². The highest BCUT2D eigenvalue weighted by Crippen LogP contribution is 2.23. The van der Waals surface area contributed by atoms with Crippen molar-refractivity contribution in [2.75, 3.05) is 40.3 Å². The lowest BCUT2D eigenvalue weighted by molar-refractivity contribution is -0.127. The largest absolute Gasteiger partial charge is 0.376 e. The van der Waals surface area contributed by atoms with Gasteiger partial charge in [0.25, 0.3) is 0 Å². The molecule has 1 unspecified atom stereocenters. The highest BCUT2D eigenvalue weighted by atomic mass is 127. The Balaban J connectivity index is 0.00000341. The molecule has 168 valence electrons. The zero-order valence-corrected chi connectivity index (χ0v) is 20.6. The van der Waals surface area contributed by atoms with Crippen molar-refractivity contribution < 1.29 is 9.53 Å². The number of nitrogens with one attached hydrogen (secondary N) is 2. The van der Waals surface area contributed by atoms with Crippen molar-refractivity contribution in [3.05, 3.63) is 71.8 Å². The van der Waals surface area contributed by atoms with Crippen molar-refractivity contribution >= 4 is 35.8 Å². The molecule has 0 saturated carbocycles. The lowest BCUT2D eigenvalue weighted by Crippen LogP contribution is -2.43. The van der Waals surface area contributed by atoms with Gasteiger partial charge in [-0.1, -0.05) is 60.7 Å². The zero-order chi connectivity index (χ0) is 21.2. The van der Waals surface area contributed by atoms with Crippen molar-refractivity contribution in [1.82, 2.24) is 15.5 Å². The number of ether oxygens (including phenoxy) is 1. The molecule has 6 nitrogen and oxygen atoms in total. The molecule has 3 rings (SSSR count). The molecule has 31 heavy (non-hydrogen) atoms. The Morgan fingerprint density at radius 1 is 1.06 bits per heavy atom. The summed E-state index contributed by atoms with van der Waals surface area (Å²) in [5, 5.41) is 6.81. The van der Waals surface area contributed by atoms with Gasteiger partial charge in [0.05, 0.1) is 6.10 Å². The summed E-state index contributed by atoms with van der Waals surface area (Å²) in [4.78, 5) is 18.1. The summed E-state index contributed by atoms with van der Waals surface area (Å²) in [6.45, 7) is 2.27. The fraction of sp³-hybridized carbons (Fsp3) is 0.417. The van der Waals surface area contributed by atoms with Crippen LogP contribution in [0.25, 0.3) is 0 Å². The van der Waals surface area contributed by atoms with Crippen LogP contribution in [0.5, 0.6) is 0 Å². The van der Waals surface area contributed by atoms with Crippen LogP contribution in [0.15, 0.2) is 65.7 Å². The fourth-order valence-corrected chi connectivity index (χ4v) is 3.48. The second-order valence-corrected chi connectivity index (χ2v) is 7.72. The second kappa shape index (κ2) is 13.3. The Kier molecular flexibility index (Phi) is 10.8. The number of amides is 1. The van der Waals surface area contributed by atoms with E-state index in [-0.39, 0.29) is 48.5 Å². The van der Waals surface area contributed by atoms with E-state index in [4.69, 9.17) is 4.74 Å². The average Bonchev–Trinajstić information content (AvgIpc) is 3.30. The SMILES string of the molecule is CN(C)C(=O)CN=C(NCC1CCCO1)NCC(c1ccccc1)c1ccccc1.I. The number of benzene rings is 2. The highest BCUT2D eigenvalue weighted by molar-refractivity contribution is 14.0. The first-order chi connectivity index (χ1) is 14.6. The van der Waals surface area contributed by atoms with E-state index >= 15 is 0 Å².